The van der Waals surface area contributed by atoms with Gasteiger partial charge in [0.25, 0.3) is 0 Å². The number of nitrogens with one attached hydrogen (secondary N) is 2. The molecular weight excluding hydrogens is 232 g/mol. The van der Waals surface area contributed by atoms with Crippen molar-refractivity contribution >= 4 is 12.0 Å². The molecule has 1 aliphatic carbocycles. The number of carbonyl (C=O) groups excluding carboxylic acids is 2. The molecule has 2 N–H and O–H groups in total. The molecule has 0 radical (unpaired) electrons. The van der Waals surface area contributed by atoms with Crippen molar-refractivity contribution in [2.75, 3.05) is 13.7 Å². The van der Waals surface area contributed by atoms with Crippen LogP contribution in [0.25, 0.3) is 0 Å². The first kappa shape index (κ1) is 14.8. The fourth-order valence-electron chi connectivity index (χ4n) is 2.29. The molecule has 0 aromatic carbocycles. The molecule has 1 saturated carbocycles. The third kappa shape index (κ3) is 4.55. The maximum atomic E-state index is 12.0. The van der Waals surface area contributed by atoms with Crippen molar-refractivity contribution in [1.29, 1.82) is 0 Å². The predicted molar refractivity (Wildman–Crippen MR) is 69.1 cm³/mol. The lowest BCUT2D eigenvalue weighted by Gasteiger charge is -2.21. The van der Waals surface area contributed by atoms with E-state index in [2.05, 4.69) is 15.4 Å². The number of hydrogen-bond acceptors (Lipinski definition) is 3. The van der Waals surface area contributed by atoms with Crippen LogP contribution < -0.4 is 10.6 Å². The van der Waals surface area contributed by atoms with Crippen molar-refractivity contribution in [3.05, 3.63) is 0 Å². The van der Waals surface area contributed by atoms with Gasteiger partial charge in [-0.15, -0.1) is 0 Å². The summed E-state index contributed by atoms with van der Waals surface area (Å²) in [6, 6.07) is -0.529. The van der Waals surface area contributed by atoms with Gasteiger partial charge >= 0.3 is 6.09 Å². The summed E-state index contributed by atoms with van der Waals surface area (Å²) in [5.41, 5.74) is 0. The summed E-state index contributed by atoms with van der Waals surface area (Å²) >= 11 is 0. The van der Waals surface area contributed by atoms with E-state index in [1.165, 1.54) is 32.8 Å². The van der Waals surface area contributed by atoms with Gasteiger partial charge in [0.1, 0.15) is 6.04 Å². The first-order valence-corrected chi connectivity index (χ1v) is 6.66. The highest BCUT2D eigenvalue weighted by Gasteiger charge is 2.25. The van der Waals surface area contributed by atoms with Gasteiger partial charge < -0.3 is 15.4 Å². The Hall–Kier alpha value is -1.26. The van der Waals surface area contributed by atoms with Gasteiger partial charge in [-0.3, -0.25) is 4.79 Å². The molecule has 0 aromatic rings. The minimum absolute atomic E-state index is 0.0349. The summed E-state index contributed by atoms with van der Waals surface area (Å²) in [5.74, 6) is 0.509. The molecule has 0 aliphatic heterocycles. The number of methoxy groups -OCH3 is 1. The van der Waals surface area contributed by atoms with E-state index >= 15 is 0 Å². The second kappa shape index (κ2) is 7.24. The average Bonchev–Trinajstić information content (AvgIpc) is 2.85. The average molecular weight is 256 g/mol. The van der Waals surface area contributed by atoms with Crippen LogP contribution in [-0.4, -0.2) is 31.7 Å². The standard InChI is InChI=1S/C13H24N2O3/c1-9(2)11(15-13(17)18-3)12(16)14-8-10-6-4-5-7-10/h9-11H,4-8H2,1-3H3,(H,14,16)(H,15,17)/t11-/m1/s1. The molecule has 2 amide bonds. The Bertz CT molecular complexity index is 286. The van der Waals surface area contributed by atoms with Gasteiger partial charge in [-0.1, -0.05) is 26.7 Å². The molecule has 1 rings (SSSR count). The molecule has 1 fully saturated rings. The van der Waals surface area contributed by atoms with E-state index in [-0.39, 0.29) is 11.8 Å². The van der Waals surface area contributed by atoms with Crippen molar-refractivity contribution in [1.82, 2.24) is 10.6 Å². The van der Waals surface area contributed by atoms with E-state index in [1.54, 1.807) is 0 Å². The third-order valence-corrected chi connectivity index (χ3v) is 3.45. The third-order valence-electron chi connectivity index (χ3n) is 3.45. The van der Waals surface area contributed by atoms with Gasteiger partial charge in [0.15, 0.2) is 0 Å². The van der Waals surface area contributed by atoms with Crippen LogP contribution >= 0.6 is 0 Å². The molecule has 18 heavy (non-hydrogen) atoms. The van der Waals surface area contributed by atoms with Gasteiger partial charge in [-0.2, -0.15) is 0 Å². The normalized spacial score (nSPS) is 17.6. The molecule has 0 saturated heterocycles. The summed E-state index contributed by atoms with van der Waals surface area (Å²) in [5, 5.41) is 5.49. The van der Waals surface area contributed by atoms with E-state index < -0.39 is 12.1 Å². The fraction of sp³-hybridized carbons (Fsp3) is 0.846. The van der Waals surface area contributed by atoms with E-state index in [9.17, 15) is 9.59 Å². The lowest BCUT2D eigenvalue weighted by atomic mass is 10.0. The van der Waals surface area contributed by atoms with E-state index in [4.69, 9.17) is 0 Å². The Balaban J connectivity index is 2.40. The maximum absolute atomic E-state index is 12.0. The topological polar surface area (TPSA) is 67.4 Å². The van der Waals surface area contributed by atoms with Crippen molar-refractivity contribution in [3.8, 4) is 0 Å². The highest BCUT2D eigenvalue weighted by Crippen LogP contribution is 2.23. The highest BCUT2D eigenvalue weighted by atomic mass is 16.5. The van der Waals surface area contributed by atoms with Crippen LogP contribution in [-0.2, 0) is 9.53 Å². The van der Waals surface area contributed by atoms with E-state index in [0.717, 1.165) is 0 Å². The minimum Gasteiger partial charge on any atom is -0.453 e. The number of carbonyl (C=O) groups is 2. The van der Waals surface area contributed by atoms with Crippen LogP contribution in [0.15, 0.2) is 0 Å². The molecule has 1 aliphatic rings. The lowest BCUT2D eigenvalue weighted by molar-refractivity contribution is -0.124. The molecule has 0 spiro atoms. The summed E-state index contributed by atoms with van der Waals surface area (Å²) in [4.78, 5) is 23.2. The quantitative estimate of drug-likeness (QED) is 0.786. The van der Waals surface area contributed by atoms with Crippen molar-refractivity contribution in [2.24, 2.45) is 11.8 Å². The first-order valence-electron chi connectivity index (χ1n) is 6.66. The van der Waals surface area contributed by atoms with E-state index in [0.29, 0.717) is 12.5 Å². The molecule has 0 heterocycles. The van der Waals surface area contributed by atoms with Crippen LogP contribution in [0.2, 0.25) is 0 Å². The van der Waals surface area contributed by atoms with Gasteiger partial charge in [0, 0.05) is 6.54 Å². The minimum atomic E-state index is -0.565. The highest BCUT2D eigenvalue weighted by molar-refractivity contribution is 5.85. The molecule has 0 bridgehead atoms. The Morgan fingerprint density at radius 3 is 2.39 bits per heavy atom. The van der Waals surface area contributed by atoms with Gasteiger partial charge in [-0.25, -0.2) is 4.79 Å². The molecular formula is C13H24N2O3. The van der Waals surface area contributed by atoms with E-state index in [1.807, 2.05) is 13.8 Å². The molecule has 5 nitrogen and oxygen atoms in total. The van der Waals surface area contributed by atoms with Crippen LogP contribution in [0.4, 0.5) is 4.79 Å². The van der Waals surface area contributed by atoms with Crippen LogP contribution in [0.1, 0.15) is 39.5 Å². The lowest BCUT2D eigenvalue weighted by Crippen LogP contribution is -2.50. The summed E-state index contributed by atoms with van der Waals surface area (Å²) in [6.45, 7) is 4.51. The maximum Gasteiger partial charge on any atom is 0.407 e. The van der Waals surface area contributed by atoms with Gasteiger partial charge in [0.2, 0.25) is 5.91 Å². The number of amides is 2. The molecule has 0 unspecified atom stereocenters. The molecule has 0 aromatic heterocycles. The van der Waals surface area contributed by atoms with Crippen molar-refractivity contribution < 1.29 is 14.3 Å². The van der Waals surface area contributed by atoms with Gasteiger partial charge in [-0.05, 0) is 24.7 Å². The predicted octanol–water partition coefficient (Wildman–Crippen LogP) is 1.67. The number of alkyl carbamates (subject to hydrolysis) is 1. The number of ether oxygens (including phenoxy) is 1. The van der Waals surface area contributed by atoms with Crippen molar-refractivity contribution in [3.63, 3.8) is 0 Å². The number of rotatable bonds is 5. The van der Waals surface area contributed by atoms with Crippen molar-refractivity contribution in [2.45, 2.75) is 45.6 Å². The fourth-order valence-corrected chi connectivity index (χ4v) is 2.29. The largest absolute Gasteiger partial charge is 0.453 e. The zero-order valence-corrected chi connectivity index (χ0v) is 11.5. The Kier molecular flexibility index (Phi) is 5.95. The summed E-state index contributed by atoms with van der Waals surface area (Å²) in [7, 11) is 1.29. The Labute approximate surface area is 109 Å². The SMILES string of the molecule is COC(=O)N[C@@H](C(=O)NCC1CCCC1)C(C)C. The zero-order valence-electron chi connectivity index (χ0n) is 11.5. The molecule has 5 heteroatoms. The van der Waals surface area contributed by atoms with Crippen LogP contribution in [0.5, 0.6) is 0 Å². The Morgan fingerprint density at radius 2 is 1.89 bits per heavy atom. The zero-order chi connectivity index (χ0) is 13.5. The monoisotopic (exact) mass is 256 g/mol. The smallest absolute Gasteiger partial charge is 0.407 e. The van der Waals surface area contributed by atoms with Crippen LogP contribution in [0, 0.1) is 11.8 Å². The second-order valence-corrected chi connectivity index (χ2v) is 5.25. The summed E-state index contributed by atoms with van der Waals surface area (Å²) in [6.07, 6.45) is 4.33. The van der Waals surface area contributed by atoms with Gasteiger partial charge in [0.05, 0.1) is 7.11 Å². The molecule has 1 atom stereocenters. The molecule has 104 valence electrons. The summed E-state index contributed by atoms with van der Waals surface area (Å²) < 4.78 is 4.53. The Morgan fingerprint density at radius 1 is 1.28 bits per heavy atom. The second-order valence-electron chi connectivity index (χ2n) is 5.25. The first-order chi connectivity index (χ1) is 8.54. The van der Waals surface area contributed by atoms with Crippen LogP contribution in [0.3, 0.4) is 0 Å². The number of hydrogen-bond donors (Lipinski definition) is 2.